The van der Waals surface area contributed by atoms with Gasteiger partial charge in [0.1, 0.15) is 6.54 Å². The highest BCUT2D eigenvalue weighted by molar-refractivity contribution is 5.80. The van der Waals surface area contributed by atoms with Crippen LogP contribution in [0.1, 0.15) is 47.0 Å². The number of carboxylic acids is 1. The Morgan fingerprint density at radius 1 is 1.25 bits per heavy atom. The van der Waals surface area contributed by atoms with Crippen LogP contribution in [0.15, 0.2) is 0 Å². The number of likely N-dealkylation sites (tertiary alicyclic amines) is 1. The van der Waals surface area contributed by atoms with Crippen LogP contribution >= 0.6 is 0 Å². The average molecular weight is 284 g/mol. The van der Waals surface area contributed by atoms with Crippen LogP contribution in [0.3, 0.4) is 0 Å². The lowest BCUT2D eigenvalue weighted by Crippen LogP contribution is -2.51. The number of carbonyl (C=O) groups excluding carboxylic acids is 1. The summed E-state index contributed by atoms with van der Waals surface area (Å²) in [4.78, 5) is 26.7. The van der Waals surface area contributed by atoms with Crippen LogP contribution < -0.4 is 0 Å². The van der Waals surface area contributed by atoms with Crippen molar-refractivity contribution >= 4 is 12.0 Å². The first-order valence-corrected chi connectivity index (χ1v) is 7.64. The normalized spacial score (nSPS) is 18.1. The molecular weight excluding hydrogens is 256 g/mol. The van der Waals surface area contributed by atoms with Crippen LogP contribution in [0.25, 0.3) is 0 Å². The SMILES string of the molecule is CCC(C)N(CC(=O)O)C(=O)N1CCC(C(C)C)CC1. The van der Waals surface area contributed by atoms with E-state index in [9.17, 15) is 9.59 Å². The molecule has 0 saturated carbocycles. The molecule has 1 atom stereocenters. The zero-order valence-electron chi connectivity index (χ0n) is 13.1. The summed E-state index contributed by atoms with van der Waals surface area (Å²) < 4.78 is 0. The number of aliphatic carboxylic acids is 1. The summed E-state index contributed by atoms with van der Waals surface area (Å²) in [5, 5.41) is 8.98. The summed E-state index contributed by atoms with van der Waals surface area (Å²) in [6, 6.07) is -0.162. The summed E-state index contributed by atoms with van der Waals surface area (Å²) in [7, 11) is 0. The maximum atomic E-state index is 12.5. The van der Waals surface area contributed by atoms with Gasteiger partial charge in [-0.2, -0.15) is 0 Å². The molecule has 1 heterocycles. The molecule has 0 aromatic heterocycles. The zero-order chi connectivity index (χ0) is 15.3. The quantitative estimate of drug-likeness (QED) is 0.844. The molecule has 116 valence electrons. The smallest absolute Gasteiger partial charge is 0.323 e. The van der Waals surface area contributed by atoms with E-state index in [0.29, 0.717) is 11.8 Å². The highest BCUT2D eigenvalue weighted by Crippen LogP contribution is 2.25. The van der Waals surface area contributed by atoms with Crippen molar-refractivity contribution in [1.82, 2.24) is 9.80 Å². The van der Waals surface area contributed by atoms with Crippen LogP contribution in [0.5, 0.6) is 0 Å². The minimum atomic E-state index is -0.948. The molecule has 20 heavy (non-hydrogen) atoms. The Morgan fingerprint density at radius 3 is 2.20 bits per heavy atom. The van der Waals surface area contributed by atoms with Gasteiger partial charge in [-0.25, -0.2) is 4.79 Å². The van der Waals surface area contributed by atoms with E-state index >= 15 is 0 Å². The van der Waals surface area contributed by atoms with E-state index < -0.39 is 5.97 Å². The number of hydrogen-bond acceptors (Lipinski definition) is 2. The monoisotopic (exact) mass is 284 g/mol. The maximum Gasteiger partial charge on any atom is 0.323 e. The van der Waals surface area contributed by atoms with E-state index in [1.54, 1.807) is 0 Å². The van der Waals surface area contributed by atoms with Gasteiger partial charge in [0.2, 0.25) is 0 Å². The van der Waals surface area contributed by atoms with Gasteiger partial charge in [0.15, 0.2) is 0 Å². The summed E-state index contributed by atoms with van der Waals surface area (Å²) in [6.45, 7) is 9.59. The number of rotatable bonds is 5. The first-order chi connectivity index (χ1) is 9.36. The number of nitrogens with zero attached hydrogens (tertiary/aromatic N) is 2. The standard InChI is InChI=1S/C15H28N2O3/c1-5-12(4)17(10-14(18)19)15(20)16-8-6-13(7-9-16)11(2)3/h11-13H,5-10H2,1-4H3,(H,18,19). The first-order valence-electron chi connectivity index (χ1n) is 7.64. The van der Waals surface area contributed by atoms with Crippen molar-refractivity contribution in [1.29, 1.82) is 0 Å². The molecule has 1 aliphatic rings. The molecule has 0 aromatic carbocycles. The van der Waals surface area contributed by atoms with E-state index in [2.05, 4.69) is 13.8 Å². The van der Waals surface area contributed by atoms with Crippen LogP contribution in [-0.2, 0) is 4.79 Å². The second kappa shape index (κ2) is 7.50. The van der Waals surface area contributed by atoms with Crippen molar-refractivity contribution in [3.8, 4) is 0 Å². The van der Waals surface area contributed by atoms with Gasteiger partial charge in [0, 0.05) is 19.1 Å². The Balaban J connectivity index is 2.64. The molecule has 1 unspecified atom stereocenters. The van der Waals surface area contributed by atoms with Crippen LogP contribution in [0.4, 0.5) is 4.79 Å². The van der Waals surface area contributed by atoms with Crippen LogP contribution in [0, 0.1) is 11.8 Å². The molecule has 2 amide bonds. The molecule has 1 rings (SSSR count). The molecule has 1 saturated heterocycles. The van der Waals surface area contributed by atoms with Crippen LogP contribution in [0.2, 0.25) is 0 Å². The number of piperidine rings is 1. The van der Waals surface area contributed by atoms with Crippen molar-refractivity contribution in [3.63, 3.8) is 0 Å². The van der Waals surface area contributed by atoms with Crippen molar-refractivity contribution in [3.05, 3.63) is 0 Å². The molecule has 0 bridgehead atoms. The van der Waals surface area contributed by atoms with Crippen LogP contribution in [-0.4, -0.2) is 52.6 Å². The Morgan fingerprint density at radius 2 is 1.80 bits per heavy atom. The van der Waals surface area contributed by atoms with Gasteiger partial charge >= 0.3 is 12.0 Å². The third-order valence-electron chi connectivity index (χ3n) is 4.43. The molecule has 5 heteroatoms. The average Bonchev–Trinajstić information content (AvgIpc) is 2.43. The fourth-order valence-corrected chi connectivity index (χ4v) is 2.72. The summed E-state index contributed by atoms with van der Waals surface area (Å²) in [5.74, 6) is 0.378. The number of amides is 2. The lowest BCUT2D eigenvalue weighted by molar-refractivity contribution is -0.138. The summed E-state index contributed by atoms with van der Waals surface area (Å²) in [5.41, 5.74) is 0. The lowest BCUT2D eigenvalue weighted by Gasteiger charge is -2.38. The number of carboxylic acid groups (broad SMARTS) is 1. The third-order valence-corrected chi connectivity index (χ3v) is 4.43. The molecule has 1 aliphatic heterocycles. The number of carbonyl (C=O) groups is 2. The summed E-state index contributed by atoms with van der Waals surface area (Å²) in [6.07, 6.45) is 2.80. The van der Waals surface area contributed by atoms with E-state index in [1.165, 1.54) is 4.90 Å². The zero-order valence-corrected chi connectivity index (χ0v) is 13.1. The minimum Gasteiger partial charge on any atom is -0.480 e. The van der Waals surface area contributed by atoms with E-state index in [1.807, 2.05) is 18.7 Å². The molecule has 0 aliphatic carbocycles. The van der Waals surface area contributed by atoms with Gasteiger partial charge in [-0.1, -0.05) is 20.8 Å². The van der Waals surface area contributed by atoms with Gasteiger partial charge in [0.25, 0.3) is 0 Å². The molecule has 0 aromatic rings. The first kappa shape index (κ1) is 16.8. The Kier molecular flexibility index (Phi) is 6.30. The number of urea groups is 1. The Bertz CT molecular complexity index is 336. The Hall–Kier alpha value is -1.26. The molecule has 0 spiro atoms. The van der Waals surface area contributed by atoms with E-state index in [-0.39, 0.29) is 18.6 Å². The second-order valence-electron chi connectivity index (χ2n) is 6.13. The summed E-state index contributed by atoms with van der Waals surface area (Å²) >= 11 is 0. The van der Waals surface area contributed by atoms with Gasteiger partial charge in [-0.3, -0.25) is 4.79 Å². The lowest BCUT2D eigenvalue weighted by atomic mass is 9.87. The predicted molar refractivity (Wildman–Crippen MR) is 78.6 cm³/mol. The van der Waals surface area contributed by atoms with Crippen molar-refractivity contribution in [2.45, 2.75) is 53.0 Å². The van der Waals surface area contributed by atoms with Crippen molar-refractivity contribution < 1.29 is 14.7 Å². The maximum absolute atomic E-state index is 12.5. The number of hydrogen-bond donors (Lipinski definition) is 1. The molecule has 1 N–H and O–H groups in total. The van der Waals surface area contributed by atoms with Gasteiger partial charge in [-0.15, -0.1) is 0 Å². The highest BCUT2D eigenvalue weighted by Gasteiger charge is 2.30. The van der Waals surface area contributed by atoms with E-state index in [0.717, 1.165) is 32.4 Å². The fraction of sp³-hybridized carbons (Fsp3) is 0.867. The molecule has 1 fully saturated rings. The molecule has 0 radical (unpaired) electrons. The highest BCUT2D eigenvalue weighted by atomic mass is 16.4. The van der Waals surface area contributed by atoms with Crippen molar-refractivity contribution in [2.75, 3.05) is 19.6 Å². The topological polar surface area (TPSA) is 60.9 Å². The molecule has 5 nitrogen and oxygen atoms in total. The Labute approximate surface area is 121 Å². The molecular formula is C15H28N2O3. The predicted octanol–water partition coefficient (Wildman–Crippen LogP) is 2.66. The minimum absolute atomic E-state index is 0.0403. The van der Waals surface area contributed by atoms with Gasteiger partial charge < -0.3 is 14.9 Å². The third kappa shape index (κ3) is 4.39. The fourth-order valence-electron chi connectivity index (χ4n) is 2.72. The van der Waals surface area contributed by atoms with Crippen molar-refractivity contribution in [2.24, 2.45) is 11.8 Å². The second-order valence-corrected chi connectivity index (χ2v) is 6.13. The van der Waals surface area contributed by atoms with Gasteiger partial charge in [0.05, 0.1) is 0 Å². The largest absolute Gasteiger partial charge is 0.480 e. The van der Waals surface area contributed by atoms with Gasteiger partial charge in [-0.05, 0) is 38.0 Å². The van der Waals surface area contributed by atoms with E-state index in [4.69, 9.17) is 5.11 Å².